The first-order valence-corrected chi connectivity index (χ1v) is 5.89. The zero-order valence-corrected chi connectivity index (χ0v) is 11.3. The van der Waals surface area contributed by atoms with Gasteiger partial charge in [0.2, 0.25) is 5.91 Å². The summed E-state index contributed by atoms with van der Waals surface area (Å²) in [5.41, 5.74) is 6.56. The third-order valence-electron chi connectivity index (χ3n) is 3.23. The van der Waals surface area contributed by atoms with Crippen molar-refractivity contribution in [3.8, 4) is 5.75 Å². The van der Waals surface area contributed by atoms with Crippen molar-refractivity contribution in [3.05, 3.63) is 29.8 Å². The van der Waals surface area contributed by atoms with Crippen LogP contribution in [0.15, 0.2) is 24.3 Å². The number of amides is 1. The number of carbonyl (C=O) groups excluding carboxylic acids is 1. The number of hydrogen-bond acceptors (Lipinski definition) is 3. The molecule has 1 fully saturated rings. The van der Waals surface area contributed by atoms with Gasteiger partial charge >= 0.3 is 0 Å². The van der Waals surface area contributed by atoms with Gasteiger partial charge in [0, 0.05) is 6.54 Å². The number of benzene rings is 1. The molecule has 1 heterocycles. The van der Waals surface area contributed by atoms with E-state index in [-0.39, 0.29) is 30.9 Å². The molecule has 2 N–H and O–H groups in total. The Bertz CT molecular complexity index is 412. The van der Waals surface area contributed by atoms with Crippen molar-refractivity contribution in [2.45, 2.75) is 18.9 Å². The Labute approximate surface area is 114 Å². The van der Waals surface area contributed by atoms with Gasteiger partial charge in [0.25, 0.3) is 0 Å². The number of nitrogens with two attached hydrogens (primary N) is 1. The number of hydrogen-bond donors (Lipinski definition) is 1. The normalized spacial score (nSPS) is 18.3. The van der Waals surface area contributed by atoms with Gasteiger partial charge in [0.05, 0.1) is 19.7 Å². The second-order valence-corrected chi connectivity index (χ2v) is 4.23. The topological polar surface area (TPSA) is 55.6 Å². The van der Waals surface area contributed by atoms with E-state index in [4.69, 9.17) is 10.5 Å². The molecular formula is C13H19ClN2O2. The van der Waals surface area contributed by atoms with E-state index in [0.29, 0.717) is 0 Å². The molecule has 0 radical (unpaired) electrons. The fraction of sp³-hybridized carbons (Fsp3) is 0.462. The van der Waals surface area contributed by atoms with E-state index in [1.165, 1.54) is 0 Å². The van der Waals surface area contributed by atoms with Crippen molar-refractivity contribution in [1.29, 1.82) is 0 Å². The molecule has 1 aromatic carbocycles. The first kappa shape index (κ1) is 14.8. The monoisotopic (exact) mass is 270 g/mol. The molecule has 1 aliphatic heterocycles. The van der Waals surface area contributed by atoms with Gasteiger partial charge < -0.3 is 15.4 Å². The smallest absolute Gasteiger partial charge is 0.236 e. The van der Waals surface area contributed by atoms with Gasteiger partial charge in [-0.3, -0.25) is 4.79 Å². The van der Waals surface area contributed by atoms with Gasteiger partial charge in [0.15, 0.2) is 0 Å². The lowest BCUT2D eigenvalue weighted by molar-refractivity contribution is -0.130. The summed E-state index contributed by atoms with van der Waals surface area (Å²) < 4.78 is 5.21. The number of methoxy groups -OCH3 is 1. The molecule has 1 atom stereocenters. The summed E-state index contributed by atoms with van der Waals surface area (Å²) in [4.78, 5) is 13.6. The minimum Gasteiger partial charge on any atom is -0.497 e. The summed E-state index contributed by atoms with van der Waals surface area (Å²) in [6, 6.07) is 8.05. The molecule has 18 heavy (non-hydrogen) atoms. The SMILES string of the molecule is COc1cccc(C2CCCN2C(=O)CN)c1.Cl. The van der Waals surface area contributed by atoms with Crippen LogP contribution in [0.2, 0.25) is 0 Å². The van der Waals surface area contributed by atoms with Crippen LogP contribution in [0.4, 0.5) is 0 Å². The highest BCUT2D eigenvalue weighted by molar-refractivity contribution is 5.85. The fourth-order valence-electron chi connectivity index (χ4n) is 2.38. The van der Waals surface area contributed by atoms with E-state index >= 15 is 0 Å². The lowest BCUT2D eigenvalue weighted by Crippen LogP contribution is -2.35. The van der Waals surface area contributed by atoms with E-state index in [9.17, 15) is 4.79 Å². The first-order chi connectivity index (χ1) is 8.26. The average Bonchev–Trinajstić information content (AvgIpc) is 2.87. The number of nitrogens with zero attached hydrogens (tertiary/aromatic N) is 1. The Morgan fingerprint density at radius 3 is 3.00 bits per heavy atom. The van der Waals surface area contributed by atoms with Gasteiger partial charge in [-0.15, -0.1) is 12.4 Å². The molecule has 100 valence electrons. The van der Waals surface area contributed by atoms with Crippen molar-refractivity contribution >= 4 is 18.3 Å². The van der Waals surface area contributed by atoms with Crippen molar-refractivity contribution in [1.82, 2.24) is 4.90 Å². The molecule has 1 amide bonds. The maximum absolute atomic E-state index is 11.7. The van der Waals surface area contributed by atoms with Crippen LogP contribution in [0.25, 0.3) is 0 Å². The lowest BCUT2D eigenvalue weighted by Gasteiger charge is -2.24. The molecule has 1 aliphatic rings. The number of halogens is 1. The molecule has 1 saturated heterocycles. The molecular weight excluding hydrogens is 252 g/mol. The summed E-state index contributed by atoms with van der Waals surface area (Å²) in [6.45, 7) is 0.887. The molecule has 0 saturated carbocycles. The van der Waals surface area contributed by atoms with Gasteiger partial charge in [-0.1, -0.05) is 12.1 Å². The van der Waals surface area contributed by atoms with E-state index < -0.39 is 0 Å². The Hall–Kier alpha value is -1.26. The molecule has 0 spiro atoms. The molecule has 2 rings (SSSR count). The summed E-state index contributed by atoms with van der Waals surface area (Å²) in [5, 5.41) is 0. The van der Waals surface area contributed by atoms with Crippen LogP contribution in [-0.4, -0.2) is 31.0 Å². The molecule has 1 aromatic rings. The van der Waals surface area contributed by atoms with Crippen molar-refractivity contribution in [2.24, 2.45) is 5.73 Å². The lowest BCUT2D eigenvalue weighted by atomic mass is 10.0. The van der Waals surface area contributed by atoms with E-state index in [1.807, 2.05) is 29.2 Å². The van der Waals surface area contributed by atoms with Crippen LogP contribution in [0.5, 0.6) is 5.75 Å². The summed E-state index contributed by atoms with van der Waals surface area (Å²) in [7, 11) is 1.65. The minimum atomic E-state index is 0. The van der Waals surface area contributed by atoms with Gasteiger partial charge in [-0.25, -0.2) is 0 Å². The van der Waals surface area contributed by atoms with Crippen LogP contribution >= 0.6 is 12.4 Å². The highest BCUT2D eigenvalue weighted by Crippen LogP contribution is 2.33. The summed E-state index contributed by atoms with van der Waals surface area (Å²) in [6.07, 6.45) is 2.03. The standard InChI is InChI=1S/C13H18N2O2.ClH/c1-17-11-5-2-4-10(8-11)12-6-3-7-15(12)13(16)9-14;/h2,4-5,8,12H,3,6-7,9,14H2,1H3;1H. The predicted molar refractivity (Wildman–Crippen MR) is 73.0 cm³/mol. The van der Waals surface area contributed by atoms with Crippen molar-refractivity contribution in [3.63, 3.8) is 0 Å². The maximum atomic E-state index is 11.7. The summed E-state index contributed by atoms with van der Waals surface area (Å²) in [5.74, 6) is 0.852. The molecule has 5 heteroatoms. The second-order valence-electron chi connectivity index (χ2n) is 4.23. The largest absolute Gasteiger partial charge is 0.497 e. The number of carbonyl (C=O) groups is 1. The molecule has 0 aromatic heterocycles. The maximum Gasteiger partial charge on any atom is 0.236 e. The number of likely N-dealkylation sites (tertiary alicyclic amines) is 1. The quantitative estimate of drug-likeness (QED) is 0.910. The zero-order chi connectivity index (χ0) is 12.3. The van der Waals surface area contributed by atoms with E-state index in [1.54, 1.807) is 7.11 Å². The van der Waals surface area contributed by atoms with Crippen molar-refractivity contribution in [2.75, 3.05) is 20.2 Å². The van der Waals surface area contributed by atoms with E-state index in [2.05, 4.69) is 0 Å². The molecule has 1 unspecified atom stereocenters. The van der Waals surface area contributed by atoms with Gasteiger partial charge in [0.1, 0.15) is 5.75 Å². The van der Waals surface area contributed by atoms with Gasteiger partial charge in [-0.05, 0) is 30.5 Å². The molecule has 4 nitrogen and oxygen atoms in total. The third kappa shape index (κ3) is 2.94. The first-order valence-electron chi connectivity index (χ1n) is 5.89. The van der Waals surface area contributed by atoms with Crippen LogP contribution in [0, 0.1) is 0 Å². The molecule has 0 aliphatic carbocycles. The highest BCUT2D eigenvalue weighted by atomic mass is 35.5. The van der Waals surface area contributed by atoms with Crippen LogP contribution in [-0.2, 0) is 4.79 Å². The highest BCUT2D eigenvalue weighted by Gasteiger charge is 2.29. The predicted octanol–water partition coefficient (Wildman–Crippen LogP) is 1.74. The average molecular weight is 271 g/mol. The van der Waals surface area contributed by atoms with Crippen LogP contribution in [0.3, 0.4) is 0 Å². The Morgan fingerprint density at radius 1 is 1.56 bits per heavy atom. The van der Waals surface area contributed by atoms with Crippen LogP contribution < -0.4 is 10.5 Å². The Kier molecular flexibility index (Phi) is 5.44. The minimum absolute atomic E-state index is 0. The van der Waals surface area contributed by atoms with Crippen molar-refractivity contribution < 1.29 is 9.53 Å². The zero-order valence-electron chi connectivity index (χ0n) is 10.5. The van der Waals surface area contributed by atoms with E-state index in [0.717, 1.165) is 30.7 Å². The Balaban J connectivity index is 0.00000162. The van der Waals surface area contributed by atoms with Crippen LogP contribution in [0.1, 0.15) is 24.4 Å². The Morgan fingerprint density at radius 2 is 2.33 bits per heavy atom. The third-order valence-corrected chi connectivity index (χ3v) is 3.23. The summed E-state index contributed by atoms with van der Waals surface area (Å²) >= 11 is 0. The van der Waals surface area contributed by atoms with Gasteiger partial charge in [-0.2, -0.15) is 0 Å². The fourth-order valence-corrected chi connectivity index (χ4v) is 2.38. The number of rotatable bonds is 3. The second kappa shape index (κ2) is 6.61. The number of ether oxygens (including phenoxy) is 1. The molecule has 0 bridgehead atoms.